The van der Waals surface area contributed by atoms with Gasteiger partial charge in [0.1, 0.15) is 0 Å². The second-order valence-corrected chi connectivity index (χ2v) is 6.67. The van der Waals surface area contributed by atoms with Gasteiger partial charge in [-0.2, -0.15) is 0 Å². The number of hydrogen-bond donors (Lipinski definition) is 4. The molecule has 0 bridgehead atoms. The van der Waals surface area contributed by atoms with E-state index in [2.05, 4.69) is 5.32 Å². The molecule has 5 N–H and O–H groups in total. The van der Waals surface area contributed by atoms with E-state index in [1.807, 2.05) is 36.4 Å². The molecule has 136 valence electrons. The summed E-state index contributed by atoms with van der Waals surface area (Å²) < 4.78 is 0. The van der Waals surface area contributed by atoms with Crippen molar-refractivity contribution in [2.75, 3.05) is 5.32 Å². The maximum atomic E-state index is 12.1. The summed E-state index contributed by atoms with van der Waals surface area (Å²) in [5.74, 6) is -0.0858. The van der Waals surface area contributed by atoms with Crippen molar-refractivity contribution in [3.63, 3.8) is 0 Å². The average molecular weight is 353 g/mol. The zero-order valence-corrected chi connectivity index (χ0v) is 14.4. The van der Waals surface area contributed by atoms with Crippen molar-refractivity contribution in [1.82, 2.24) is 5.48 Å². The highest BCUT2D eigenvalue weighted by Gasteiger charge is 2.34. The van der Waals surface area contributed by atoms with Gasteiger partial charge in [-0.3, -0.25) is 14.8 Å². The van der Waals surface area contributed by atoms with Crippen LogP contribution in [-0.2, 0) is 11.2 Å². The van der Waals surface area contributed by atoms with E-state index in [1.54, 1.807) is 17.6 Å². The predicted molar refractivity (Wildman–Crippen MR) is 99.0 cm³/mol. The van der Waals surface area contributed by atoms with Crippen molar-refractivity contribution in [3.05, 3.63) is 65.2 Å². The van der Waals surface area contributed by atoms with Gasteiger partial charge in [0.15, 0.2) is 0 Å². The Balaban J connectivity index is 1.42. The summed E-state index contributed by atoms with van der Waals surface area (Å²) in [5.41, 5.74) is 10.9. The maximum absolute atomic E-state index is 12.1. The SMILES string of the molecule is NC1CC1c1ccc(NC(=O)CCCc2ccc(C(=O)NO)cc2)cc1. The van der Waals surface area contributed by atoms with E-state index in [9.17, 15) is 9.59 Å². The fraction of sp³-hybridized carbons (Fsp3) is 0.300. The fourth-order valence-electron chi connectivity index (χ4n) is 2.98. The van der Waals surface area contributed by atoms with Crippen LogP contribution in [0, 0.1) is 0 Å². The Bertz CT molecular complexity index is 772. The lowest BCUT2D eigenvalue weighted by Crippen LogP contribution is -2.18. The molecule has 0 aliphatic heterocycles. The van der Waals surface area contributed by atoms with E-state index in [4.69, 9.17) is 10.9 Å². The summed E-state index contributed by atoms with van der Waals surface area (Å²) >= 11 is 0. The summed E-state index contributed by atoms with van der Waals surface area (Å²) in [7, 11) is 0. The first-order valence-corrected chi connectivity index (χ1v) is 8.75. The summed E-state index contributed by atoms with van der Waals surface area (Å²) in [6.45, 7) is 0. The van der Waals surface area contributed by atoms with E-state index >= 15 is 0 Å². The molecule has 2 atom stereocenters. The van der Waals surface area contributed by atoms with Crippen LogP contribution in [0.2, 0.25) is 0 Å². The molecule has 2 amide bonds. The minimum absolute atomic E-state index is 0.0165. The van der Waals surface area contributed by atoms with E-state index in [-0.39, 0.29) is 11.9 Å². The molecule has 1 aliphatic carbocycles. The number of rotatable bonds is 7. The lowest BCUT2D eigenvalue weighted by Gasteiger charge is -2.07. The minimum atomic E-state index is -0.536. The number of hydroxylamine groups is 1. The molecule has 0 heterocycles. The number of aryl methyl sites for hydroxylation is 1. The summed E-state index contributed by atoms with van der Waals surface area (Å²) in [4.78, 5) is 23.3. The Morgan fingerprint density at radius 2 is 1.73 bits per heavy atom. The van der Waals surface area contributed by atoms with Crippen molar-refractivity contribution in [2.45, 2.75) is 37.6 Å². The van der Waals surface area contributed by atoms with E-state index in [1.165, 1.54) is 5.56 Å². The number of carbonyl (C=O) groups is 2. The number of nitrogens with one attached hydrogen (secondary N) is 2. The van der Waals surface area contributed by atoms with Crippen LogP contribution in [0.4, 0.5) is 5.69 Å². The van der Waals surface area contributed by atoms with Crippen molar-refractivity contribution in [3.8, 4) is 0 Å². The van der Waals surface area contributed by atoms with Gasteiger partial charge in [-0.15, -0.1) is 0 Å². The number of benzene rings is 2. The van der Waals surface area contributed by atoms with Crippen LogP contribution in [0.5, 0.6) is 0 Å². The summed E-state index contributed by atoms with van der Waals surface area (Å²) in [6, 6.07) is 15.1. The molecular weight excluding hydrogens is 330 g/mol. The molecule has 2 aromatic carbocycles. The number of anilines is 1. The van der Waals surface area contributed by atoms with Gasteiger partial charge in [-0.05, 0) is 54.7 Å². The highest BCUT2D eigenvalue weighted by molar-refractivity contribution is 5.93. The van der Waals surface area contributed by atoms with Gasteiger partial charge in [0, 0.05) is 29.6 Å². The molecule has 3 rings (SSSR count). The van der Waals surface area contributed by atoms with Gasteiger partial charge in [0.2, 0.25) is 5.91 Å². The van der Waals surface area contributed by atoms with E-state index in [0.29, 0.717) is 24.3 Å². The molecule has 6 heteroatoms. The van der Waals surface area contributed by atoms with Crippen molar-refractivity contribution >= 4 is 17.5 Å². The third-order valence-corrected chi connectivity index (χ3v) is 4.65. The van der Waals surface area contributed by atoms with Crippen LogP contribution in [0.25, 0.3) is 0 Å². The van der Waals surface area contributed by atoms with E-state index < -0.39 is 5.91 Å². The van der Waals surface area contributed by atoms with Crippen molar-refractivity contribution in [1.29, 1.82) is 0 Å². The molecule has 0 saturated heterocycles. The van der Waals surface area contributed by atoms with Gasteiger partial charge < -0.3 is 11.1 Å². The highest BCUT2D eigenvalue weighted by Crippen LogP contribution is 2.39. The number of hydrogen-bond acceptors (Lipinski definition) is 4. The Hall–Kier alpha value is -2.70. The molecule has 0 radical (unpaired) electrons. The van der Waals surface area contributed by atoms with Gasteiger partial charge >= 0.3 is 0 Å². The first-order valence-electron chi connectivity index (χ1n) is 8.75. The van der Waals surface area contributed by atoms with E-state index in [0.717, 1.165) is 24.1 Å². The second kappa shape index (κ2) is 8.12. The van der Waals surface area contributed by atoms with Gasteiger partial charge in [-0.1, -0.05) is 24.3 Å². The second-order valence-electron chi connectivity index (χ2n) is 6.67. The average Bonchev–Trinajstić information content (AvgIpc) is 3.39. The highest BCUT2D eigenvalue weighted by atomic mass is 16.5. The monoisotopic (exact) mass is 353 g/mol. The van der Waals surface area contributed by atoms with Crippen molar-refractivity contribution in [2.24, 2.45) is 5.73 Å². The van der Waals surface area contributed by atoms with Gasteiger partial charge in [0.25, 0.3) is 5.91 Å². The first-order chi connectivity index (χ1) is 12.6. The molecule has 1 aliphatic rings. The molecule has 1 fully saturated rings. The zero-order chi connectivity index (χ0) is 18.5. The van der Waals surface area contributed by atoms with Crippen LogP contribution in [-0.4, -0.2) is 23.1 Å². The third-order valence-electron chi connectivity index (χ3n) is 4.65. The lowest BCUT2D eigenvalue weighted by atomic mass is 10.1. The summed E-state index contributed by atoms with van der Waals surface area (Å²) in [6.07, 6.45) is 2.92. The fourth-order valence-corrected chi connectivity index (χ4v) is 2.98. The predicted octanol–water partition coefficient (Wildman–Crippen LogP) is 2.58. The maximum Gasteiger partial charge on any atom is 0.274 e. The van der Waals surface area contributed by atoms with Crippen LogP contribution in [0.1, 0.15) is 46.7 Å². The molecule has 2 aromatic rings. The largest absolute Gasteiger partial charge is 0.327 e. The smallest absolute Gasteiger partial charge is 0.274 e. The Morgan fingerprint density at radius 3 is 2.31 bits per heavy atom. The summed E-state index contributed by atoms with van der Waals surface area (Å²) in [5, 5.41) is 11.5. The molecule has 0 spiro atoms. The number of carbonyl (C=O) groups excluding carboxylic acids is 2. The van der Waals surface area contributed by atoms with Crippen LogP contribution in [0.15, 0.2) is 48.5 Å². The lowest BCUT2D eigenvalue weighted by molar-refractivity contribution is -0.116. The Labute approximate surface area is 152 Å². The van der Waals surface area contributed by atoms with Gasteiger partial charge in [0.05, 0.1) is 0 Å². The van der Waals surface area contributed by atoms with Crippen LogP contribution in [0.3, 0.4) is 0 Å². The van der Waals surface area contributed by atoms with Crippen LogP contribution >= 0.6 is 0 Å². The number of amides is 2. The molecular formula is C20H23N3O3. The topological polar surface area (TPSA) is 104 Å². The molecule has 6 nitrogen and oxygen atoms in total. The molecule has 0 aromatic heterocycles. The quantitative estimate of drug-likeness (QED) is 0.453. The molecule has 1 saturated carbocycles. The standard InChI is InChI=1S/C20H23N3O3/c21-18-12-17(18)14-8-10-16(11-9-14)22-19(24)3-1-2-13-4-6-15(7-5-13)20(25)23-26/h4-11,17-18,26H,1-3,12,21H2,(H,22,24)(H,23,25). The Morgan fingerprint density at radius 1 is 1.08 bits per heavy atom. The van der Waals surface area contributed by atoms with Gasteiger partial charge in [-0.25, -0.2) is 5.48 Å². The van der Waals surface area contributed by atoms with Crippen LogP contribution < -0.4 is 16.5 Å². The Kier molecular flexibility index (Phi) is 5.65. The normalized spacial score (nSPS) is 18.2. The number of nitrogens with two attached hydrogens (primary N) is 1. The minimum Gasteiger partial charge on any atom is -0.327 e. The zero-order valence-electron chi connectivity index (χ0n) is 14.4. The molecule has 26 heavy (non-hydrogen) atoms. The first kappa shape index (κ1) is 18.1. The molecule has 2 unspecified atom stereocenters. The van der Waals surface area contributed by atoms with Crippen molar-refractivity contribution < 1.29 is 14.8 Å². The third kappa shape index (κ3) is 4.68.